The first kappa shape index (κ1) is 55.9. The first-order valence-corrected chi connectivity index (χ1v) is 26.1. The van der Waals surface area contributed by atoms with Gasteiger partial charge in [0.05, 0.1) is 46.4 Å². The van der Waals surface area contributed by atoms with Crippen molar-refractivity contribution in [3.8, 4) is 11.3 Å². The number of nitrogens with zero attached hydrogens (tertiary/aromatic N) is 1. The average Bonchev–Trinajstić information content (AvgIpc) is 2.10. The first-order valence-electron chi connectivity index (χ1n) is 26.1. The van der Waals surface area contributed by atoms with Gasteiger partial charge in [0, 0.05) is 43.1 Å². The summed E-state index contributed by atoms with van der Waals surface area (Å²) in [7, 11) is 0. The lowest BCUT2D eigenvalue weighted by molar-refractivity contribution is -0.346. The maximum Gasteiger partial charge on any atom is 0.408 e. The second kappa shape index (κ2) is 21.1. The third-order valence-corrected chi connectivity index (χ3v) is 16.0. The number of aliphatic hydroxyl groups is 2. The van der Waals surface area contributed by atoms with Crippen LogP contribution in [0.2, 0.25) is 0 Å². The second-order valence-corrected chi connectivity index (χ2v) is 22.5. The summed E-state index contributed by atoms with van der Waals surface area (Å²) in [4.78, 5) is 107. The van der Waals surface area contributed by atoms with Gasteiger partial charge < -0.3 is 48.7 Å². The Morgan fingerprint density at radius 1 is 0.797 bits per heavy atom. The fraction of sp³-hybridized carbons (Fsp3) is 0.410. The number of benzene rings is 4. The zero-order chi connectivity index (χ0) is 57.0. The number of hydrogen-bond donors (Lipinski definition) is 3. The molecule has 2 saturated carbocycles. The van der Waals surface area contributed by atoms with Crippen molar-refractivity contribution < 1.29 is 76.9 Å². The number of amides is 1. The van der Waals surface area contributed by atoms with Gasteiger partial charge in [0.1, 0.15) is 35.6 Å². The van der Waals surface area contributed by atoms with Gasteiger partial charge in [0.25, 0.3) is 0 Å². The van der Waals surface area contributed by atoms with Crippen LogP contribution in [0.4, 0.5) is 4.79 Å². The molecule has 11 atom stereocenters. The lowest BCUT2D eigenvalue weighted by atomic mass is 9.44. The molecule has 1 amide bonds. The van der Waals surface area contributed by atoms with Gasteiger partial charge in [-0.05, 0) is 75.6 Å². The molecule has 3 aliphatic carbocycles. The Bertz CT molecular complexity index is 3250. The Balaban J connectivity index is 1.23. The molecular formula is C61H64N2O16. The number of hydrogen-bond acceptors (Lipinski definition) is 17. The highest BCUT2D eigenvalue weighted by Gasteiger charge is 2.78. The van der Waals surface area contributed by atoms with Crippen molar-refractivity contribution in [1.82, 2.24) is 10.3 Å². The van der Waals surface area contributed by atoms with Gasteiger partial charge in [-0.15, -0.1) is 0 Å². The molecule has 0 unspecified atom stereocenters. The Hall–Kier alpha value is -7.80. The van der Waals surface area contributed by atoms with E-state index in [-0.39, 0.29) is 40.9 Å². The van der Waals surface area contributed by atoms with E-state index in [2.05, 4.69) is 5.32 Å². The van der Waals surface area contributed by atoms with Crippen LogP contribution in [0.15, 0.2) is 132 Å². The molecule has 79 heavy (non-hydrogen) atoms. The maximum atomic E-state index is 15.9. The molecular weight excluding hydrogens is 1020 g/mol. The summed E-state index contributed by atoms with van der Waals surface area (Å²) in [6.45, 7) is 12.8. The van der Waals surface area contributed by atoms with Crippen LogP contribution in [0.25, 0.3) is 22.2 Å². The number of Topliss-reactive ketones (excluding diaryl/α,β-unsaturated/α-hetero) is 1. The zero-order valence-electron chi connectivity index (χ0n) is 45.3. The van der Waals surface area contributed by atoms with Crippen LogP contribution < -0.4 is 5.32 Å². The second-order valence-electron chi connectivity index (χ2n) is 22.5. The van der Waals surface area contributed by atoms with Crippen molar-refractivity contribution in [2.24, 2.45) is 16.7 Å². The minimum absolute atomic E-state index is 0.00384. The highest BCUT2D eigenvalue weighted by Crippen LogP contribution is 2.64. The molecule has 9 rings (SSSR count). The van der Waals surface area contributed by atoms with Crippen molar-refractivity contribution in [3.63, 3.8) is 0 Å². The van der Waals surface area contributed by atoms with E-state index in [1.54, 1.807) is 107 Å². The Morgan fingerprint density at radius 3 is 2.03 bits per heavy atom. The Morgan fingerprint density at radius 2 is 1.42 bits per heavy atom. The largest absolute Gasteiger partial charge is 0.455 e. The van der Waals surface area contributed by atoms with Crippen LogP contribution in [0, 0.1) is 16.7 Å². The molecule has 0 spiro atoms. The van der Waals surface area contributed by atoms with E-state index >= 15 is 14.4 Å². The molecule has 1 saturated heterocycles. The number of aliphatic hydroxyl groups excluding tert-OH is 1. The molecule has 3 N–H and O–H groups in total. The number of para-hydroxylation sites is 1. The third-order valence-electron chi connectivity index (χ3n) is 16.0. The normalized spacial score (nSPS) is 27.7. The molecule has 1 aromatic heterocycles. The number of carbonyl (C=O) groups is 7. The lowest BCUT2D eigenvalue weighted by Crippen LogP contribution is -2.82. The van der Waals surface area contributed by atoms with Crippen LogP contribution in [-0.4, -0.2) is 117 Å². The number of nitrogens with one attached hydrogen (secondary N) is 1. The van der Waals surface area contributed by atoms with Gasteiger partial charge in [-0.25, -0.2) is 24.2 Å². The van der Waals surface area contributed by atoms with Gasteiger partial charge in [0.15, 0.2) is 17.5 Å². The number of alkyl carbamates (subject to hydrolysis) is 1. The summed E-state index contributed by atoms with van der Waals surface area (Å²) >= 11 is 0. The molecule has 2 heterocycles. The van der Waals surface area contributed by atoms with Gasteiger partial charge in [-0.2, -0.15) is 0 Å². The van der Waals surface area contributed by atoms with Crippen molar-refractivity contribution in [3.05, 3.63) is 149 Å². The highest BCUT2D eigenvalue weighted by atomic mass is 16.6. The van der Waals surface area contributed by atoms with E-state index in [9.17, 15) is 29.4 Å². The number of esters is 5. The predicted molar refractivity (Wildman–Crippen MR) is 284 cm³/mol. The monoisotopic (exact) mass is 1080 g/mol. The zero-order valence-corrected chi connectivity index (χ0v) is 45.3. The molecule has 5 aromatic rings. The van der Waals surface area contributed by atoms with Crippen molar-refractivity contribution >= 4 is 52.6 Å². The fourth-order valence-electron chi connectivity index (χ4n) is 12.2. The Labute approximate surface area is 456 Å². The van der Waals surface area contributed by atoms with Gasteiger partial charge in [-0.3, -0.25) is 14.4 Å². The molecule has 18 heteroatoms. The number of aromatic nitrogens is 1. The Kier molecular flexibility index (Phi) is 14.9. The quantitative estimate of drug-likeness (QED) is 0.0610. The van der Waals surface area contributed by atoms with Gasteiger partial charge in [-0.1, -0.05) is 111 Å². The summed E-state index contributed by atoms with van der Waals surface area (Å²) in [6, 6.07) is 31.9. The van der Waals surface area contributed by atoms with Gasteiger partial charge >= 0.3 is 35.9 Å². The number of ketones is 1. The maximum absolute atomic E-state index is 15.9. The summed E-state index contributed by atoms with van der Waals surface area (Å²) in [6.07, 6.45) is -12.1. The number of carbonyl (C=O) groups excluding carboxylic acids is 7. The van der Waals surface area contributed by atoms with Crippen molar-refractivity contribution in [2.45, 2.75) is 135 Å². The molecule has 0 radical (unpaired) electrons. The molecule has 2 bridgehead atoms. The average molecular weight is 1080 g/mol. The van der Waals surface area contributed by atoms with Crippen LogP contribution in [-0.2, 0) is 52.3 Å². The summed E-state index contributed by atoms with van der Waals surface area (Å²) in [5.74, 6) is -7.53. The molecule has 3 fully saturated rings. The van der Waals surface area contributed by atoms with Crippen LogP contribution >= 0.6 is 0 Å². The molecule has 4 aromatic carbocycles. The smallest absolute Gasteiger partial charge is 0.408 e. The fourth-order valence-corrected chi connectivity index (χ4v) is 12.2. The predicted octanol–water partition coefficient (Wildman–Crippen LogP) is 7.91. The van der Waals surface area contributed by atoms with E-state index in [1.165, 1.54) is 32.0 Å². The van der Waals surface area contributed by atoms with E-state index in [4.69, 9.17) is 38.1 Å². The molecule has 4 aliphatic rings. The SMILES string of the molecule is CC(=O)O[C@H]1C(=O)[C@@]2(C)[C@H]([C@H](OC(=O)c3ccccc3)[C@]3(O)C[C@H](OC(=O)[C@H](OC(=O)c4cc(-c5ccccc5)nc5ccccc45)[C@@H](NC(=O)OC(C)(C)C)c4ccccc4)C(C)=C1C3(C)C)[C@]1(OC(C)=O)CO[C@@H]1C[C@@H]2O. The summed E-state index contributed by atoms with van der Waals surface area (Å²) in [5, 5.41) is 29.5. The number of fused-ring (bicyclic) bond motifs is 6. The minimum Gasteiger partial charge on any atom is -0.455 e. The van der Waals surface area contributed by atoms with E-state index < -0.39 is 124 Å². The van der Waals surface area contributed by atoms with Crippen LogP contribution in [0.5, 0.6) is 0 Å². The van der Waals surface area contributed by atoms with Crippen molar-refractivity contribution in [1.29, 1.82) is 0 Å². The highest BCUT2D eigenvalue weighted by molar-refractivity contribution is 6.05. The van der Waals surface area contributed by atoms with Crippen molar-refractivity contribution in [2.75, 3.05) is 6.61 Å². The molecule has 414 valence electrons. The number of ether oxygens (including phenoxy) is 7. The van der Waals surface area contributed by atoms with Gasteiger partial charge in [0.2, 0.25) is 6.10 Å². The third kappa shape index (κ3) is 10.2. The minimum atomic E-state index is -2.50. The lowest BCUT2D eigenvalue weighted by Gasteiger charge is -2.67. The van der Waals surface area contributed by atoms with Crippen LogP contribution in [0.3, 0.4) is 0 Å². The number of rotatable bonds is 12. The number of pyridine rings is 1. The van der Waals surface area contributed by atoms with E-state index in [1.807, 2.05) is 30.3 Å². The van der Waals surface area contributed by atoms with E-state index in [0.717, 1.165) is 13.8 Å². The van der Waals surface area contributed by atoms with E-state index in [0.29, 0.717) is 22.2 Å². The standard InChI is InChI=1S/C61H64N2O16/c1-33-43(75-55(70)49(47(37-23-15-11-16-24-37)63-56(71)79-57(4,5)6)76-54(69)40-29-42(36-21-13-10-14-22-36)62-41-28-20-19-27-39(40)41)31-61(72)52(77-53(68)38-25-17-12-18-26-38)50-59(9,44(66)30-45-60(50,32-73-45)78-35(3)65)51(67)48(74-34(2)64)46(33)58(61,7)8/h10-29,43-45,47-50,52,66,72H,30-32H2,1-9H3,(H,63,71)/t43-,44-,45+,47-,48+,49+,50-,52-,59+,60-,61+/m0/s1. The first-order chi connectivity index (χ1) is 37.3. The van der Waals surface area contributed by atoms with Crippen LogP contribution in [0.1, 0.15) is 107 Å². The summed E-state index contributed by atoms with van der Waals surface area (Å²) in [5.41, 5.74) is -7.40. The molecule has 18 nitrogen and oxygen atoms in total. The molecule has 1 aliphatic heterocycles. The summed E-state index contributed by atoms with van der Waals surface area (Å²) < 4.78 is 43.2. The topological polar surface area (TPSA) is 249 Å².